The first kappa shape index (κ1) is 19.3. The Labute approximate surface area is 175 Å². The summed E-state index contributed by atoms with van der Waals surface area (Å²) in [7, 11) is 3.83. The van der Waals surface area contributed by atoms with Crippen LogP contribution in [0.1, 0.15) is 36.4 Å². The summed E-state index contributed by atoms with van der Waals surface area (Å²) in [6, 6.07) is 4.55. The molecule has 2 unspecified atom stereocenters. The van der Waals surface area contributed by atoms with Gasteiger partial charge < -0.3 is 20.1 Å². The molecular weight excluding hydrogens is 380 g/mol. The molecular formula is C22H28N6O2. The topological polar surface area (TPSA) is 88.3 Å². The monoisotopic (exact) mass is 408 g/mol. The van der Waals surface area contributed by atoms with Crippen molar-refractivity contribution >= 4 is 22.7 Å². The molecule has 2 aromatic heterocycles. The van der Waals surface area contributed by atoms with Gasteiger partial charge in [0.05, 0.1) is 30.4 Å². The Bertz CT molecular complexity index is 1070. The molecule has 3 aromatic rings. The van der Waals surface area contributed by atoms with E-state index in [-0.39, 0.29) is 12.6 Å². The number of aromatic nitrogens is 4. The van der Waals surface area contributed by atoms with E-state index in [4.69, 9.17) is 9.72 Å². The van der Waals surface area contributed by atoms with Gasteiger partial charge in [0.25, 0.3) is 0 Å². The van der Waals surface area contributed by atoms with Crippen molar-refractivity contribution in [2.24, 2.45) is 5.92 Å². The standard InChI is InChI=1S/C22H28N6O2/c1-27-6-5-15-9-20(30-2)19(8-16(15)12-27)25-22-23-10-17-11-24-28(21(17)26-22)18-4-3-14(7-18)13-29/h8-11,14,18,29H,3-7,12-13H2,1-2H3,(H,23,25,26). The summed E-state index contributed by atoms with van der Waals surface area (Å²) in [4.78, 5) is 11.6. The maximum Gasteiger partial charge on any atom is 0.229 e. The van der Waals surface area contributed by atoms with Crippen LogP contribution in [0.4, 0.5) is 11.6 Å². The molecule has 158 valence electrons. The predicted molar refractivity (Wildman–Crippen MR) is 115 cm³/mol. The number of ether oxygens (including phenoxy) is 1. The Morgan fingerprint density at radius 2 is 2.13 bits per heavy atom. The Morgan fingerprint density at radius 3 is 2.93 bits per heavy atom. The van der Waals surface area contributed by atoms with E-state index < -0.39 is 0 Å². The van der Waals surface area contributed by atoms with E-state index in [0.717, 1.165) is 61.2 Å². The minimum absolute atomic E-state index is 0.241. The number of nitrogens with one attached hydrogen (secondary N) is 1. The number of rotatable bonds is 5. The van der Waals surface area contributed by atoms with Crippen molar-refractivity contribution in [2.75, 3.05) is 32.6 Å². The Kier molecular flexibility index (Phi) is 5.04. The third-order valence-electron chi connectivity index (χ3n) is 6.42. The van der Waals surface area contributed by atoms with Crippen LogP contribution in [-0.2, 0) is 13.0 Å². The van der Waals surface area contributed by atoms with Gasteiger partial charge in [-0.05, 0) is 61.9 Å². The normalized spacial score (nSPS) is 21.7. The predicted octanol–water partition coefficient (Wildman–Crippen LogP) is 2.90. The molecule has 8 heteroatoms. The quantitative estimate of drug-likeness (QED) is 0.671. The Morgan fingerprint density at radius 1 is 1.23 bits per heavy atom. The van der Waals surface area contributed by atoms with Crippen LogP contribution in [0.3, 0.4) is 0 Å². The number of hydrogen-bond donors (Lipinski definition) is 2. The van der Waals surface area contributed by atoms with Gasteiger partial charge in [0.1, 0.15) is 5.75 Å². The highest BCUT2D eigenvalue weighted by atomic mass is 16.5. The fourth-order valence-electron chi connectivity index (χ4n) is 4.71. The lowest BCUT2D eigenvalue weighted by Crippen LogP contribution is -2.26. The van der Waals surface area contributed by atoms with Crippen LogP contribution >= 0.6 is 0 Å². The average Bonchev–Trinajstić information content (AvgIpc) is 3.39. The lowest BCUT2D eigenvalue weighted by Gasteiger charge is -2.26. The molecule has 1 saturated carbocycles. The number of benzene rings is 1. The van der Waals surface area contributed by atoms with Crippen molar-refractivity contribution in [1.29, 1.82) is 0 Å². The van der Waals surface area contributed by atoms with E-state index in [2.05, 4.69) is 39.5 Å². The number of hydrogen-bond acceptors (Lipinski definition) is 7. The van der Waals surface area contributed by atoms with Crippen molar-refractivity contribution in [3.63, 3.8) is 0 Å². The second-order valence-corrected chi connectivity index (χ2v) is 8.51. The first-order valence-electron chi connectivity index (χ1n) is 10.6. The van der Waals surface area contributed by atoms with Crippen LogP contribution in [0.15, 0.2) is 24.5 Å². The number of anilines is 2. The number of nitrogens with zero attached hydrogens (tertiary/aromatic N) is 5. The zero-order valence-electron chi connectivity index (χ0n) is 17.5. The number of methoxy groups -OCH3 is 1. The molecule has 30 heavy (non-hydrogen) atoms. The van der Waals surface area contributed by atoms with Crippen LogP contribution in [0.5, 0.6) is 5.75 Å². The van der Waals surface area contributed by atoms with Crippen LogP contribution in [0.2, 0.25) is 0 Å². The van der Waals surface area contributed by atoms with Crippen LogP contribution in [0.25, 0.3) is 11.0 Å². The Balaban J connectivity index is 1.46. The SMILES string of the molecule is COc1cc2c(cc1Nc1ncc3cnn(C4CCC(CO)C4)c3n1)CN(C)CC2. The lowest BCUT2D eigenvalue weighted by atomic mass is 9.99. The summed E-state index contributed by atoms with van der Waals surface area (Å²) in [5.74, 6) is 1.69. The number of aliphatic hydroxyl groups excluding tert-OH is 1. The summed E-state index contributed by atoms with van der Waals surface area (Å²) in [6.45, 7) is 2.23. The van der Waals surface area contributed by atoms with E-state index >= 15 is 0 Å². The van der Waals surface area contributed by atoms with Gasteiger partial charge in [0.15, 0.2) is 5.65 Å². The minimum atomic E-state index is 0.241. The molecule has 1 fully saturated rings. The van der Waals surface area contributed by atoms with E-state index in [9.17, 15) is 5.11 Å². The number of fused-ring (bicyclic) bond motifs is 2. The summed E-state index contributed by atoms with van der Waals surface area (Å²) in [6.07, 6.45) is 7.64. The van der Waals surface area contributed by atoms with E-state index in [1.165, 1.54) is 11.1 Å². The van der Waals surface area contributed by atoms with Gasteiger partial charge in [-0.25, -0.2) is 9.67 Å². The van der Waals surface area contributed by atoms with E-state index in [0.29, 0.717) is 11.9 Å². The Hall–Kier alpha value is -2.71. The third kappa shape index (κ3) is 3.50. The van der Waals surface area contributed by atoms with Crippen molar-refractivity contribution < 1.29 is 9.84 Å². The first-order chi connectivity index (χ1) is 14.6. The van der Waals surface area contributed by atoms with Crippen LogP contribution in [0, 0.1) is 5.92 Å². The smallest absolute Gasteiger partial charge is 0.229 e. The summed E-state index contributed by atoms with van der Waals surface area (Å²) in [5.41, 5.74) is 4.34. The lowest BCUT2D eigenvalue weighted by molar-refractivity contribution is 0.226. The molecule has 0 bridgehead atoms. The molecule has 1 aliphatic heterocycles. The van der Waals surface area contributed by atoms with Gasteiger partial charge in [0.2, 0.25) is 5.95 Å². The third-order valence-corrected chi connectivity index (χ3v) is 6.42. The van der Waals surface area contributed by atoms with Crippen molar-refractivity contribution in [2.45, 2.75) is 38.3 Å². The molecule has 0 amide bonds. The second-order valence-electron chi connectivity index (χ2n) is 8.51. The molecule has 3 heterocycles. The van der Waals surface area contributed by atoms with Crippen molar-refractivity contribution in [3.8, 4) is 5.75 Å². The highest BCUT2D eigenvalue weighted by Crippen LogP contribution is 2.36. The molecule has 1 aromatic carbocycles. The summed E-state index contributed by atoms with van der Waals surface area (Å²) < 4.78 is 7.64. The zero-order valence-corrected chi connectivity index (χ0v) is 17.5. The van der Waals surface area contributed by atoms with Gasteiger partial charge in [0, 0.05) is 25.9 Å². The first-order valence-corrected chi connectivity index (χ1v) is 10.6. The molecule has 8 nitrogen and oxygen atoms in total. The molecule has 0 spiro atoms. The van der Waals surface area contributed by atoms with E-state index in [1.54, 1.807) is 7.11 Å². The molecule has 0 saturated heterocycles. The minimum Gasteiger partial charge on any atom is -0.495 e. The maximum atomic E-state index is 9.47. The van der Waals surface area contributed by atoms with Gasteiger partial charge in [-0.3, -0.25) is 0 Å². The average molecular weight is 409 g/mol. The molecule has 2 atom stereocenters. The van der Waals surface area contributed by atoms with Crippen molar-refractivity contribution in [3.05, 3.63) is 35.7 Å². The van der Waals surface area contributed by atoms with E-state index in [1.807, 2.05) is 17.1 Å². The highest BCUT2D eigenvalue weighted by molar-refractivity contribution is 5.76. The second kappa shape index (κ2) is 7.85. The van der Waals surface area contributed by atoms with Gasteiger partial charge in [-0.1, -0.05) is 0 Å². The molecule has 5 rings (SSSR count). The molecule has 2 N–H and O–H groups in total. The summed E-state index contributed by atoms with van der Waals surface area (Å²) >= 11 is 0. The molecule has 1 aliphatic carbocycles. The maximum absolute atomic E-state index is 9.47. The number of likely N-dealkylation sites (N-methyl/N-ethyl adjacent to an activating group) is 1. The highest BCUT2D eigenvalue weighted by Gasteiger charge is 2.27. The molecule has 0 radical (unpaired) electrons. The largest absolute Gasteiger partial charge is 0.495 e. The van der Waals surface area contributed by atoms with Crippen LogP contribution < -0.4 is 10.1 Å². The van der Waals surface area contributed by atoms with Gasteiger partial charge in [-0.2, -0.15) is 10.1 Å². The van der Waals surface area contributed by atoms with Crippen molar-refractivity contribution in [1.82, 2.24) is 24.6 Å². The fraction of sp³-hybridized carbons (Fsp3) is 0.500. The number of aliphatic hydroxyl groups is 1. The van der Waals surface area contributed by atoms with Gasteiger partial charge >= 0.3 is 0 Å². The van der Waals surface area contributed by atoms with Crippen LogP contribution in [-0.4, -0.2) is 57.1 Å². The zero-order chi connectivity index (χ0) is 20.7. The molecule has 2 aliphatic rings. The van der Waals surface area contributed by atoms with Gasteiger partial charge in [-0.15, -0.1) is 0 Å². The summed E-state index contributed by atoms with van der Waals surface area (Å²) in [5, 5.41) is 18.3. The fourth-order valence-corrected chi connectivity index (χ4v) is 4.71.